The van der Waals surface area contributed by atoms with Crippen molar-refractivity contribution in [3.05, 3.63) is 11.6 Å². The normalized spacial score (nSPS) is 25.1. The second-order valence-electron chi connectivity index (χ2n) is 5.41. The topological polar surface area (TPSA) is 75.3 Å². The Kier molecular flexibility index (Phi) is 4.85. The molecule has 0 spiro atoms. The highest BCUT2D eigenvalue weighted by molar-refractivity contribution is 7.91. The lowest BCUT2D eigenvalue weighted by Crippen LogP contribution is -2.39. The first-order valence-corrected chi connectivity index (χ1v) is 8.77. The predicted octanol–water partition coefficient (Wildman–Crippen LogP) is 1.22. The minimum absolute atomic E-state index is 0.0771. The lowest BCUT2D eigenvalue weighted by Gasteiger charge is -2.11. The summed E-state index contributed by atoms with van der Waals surface area (Å²) < 4.78 is 22.5. The Bertz CT molecular complexity index is 457. The molecule has 1 aliphatic carbocycles. The molecule has 5 nitrogen and oxygen atoms in total. The van der Waals surface area contributed by atoms with Gasteiger partial charge in [-0.25, -0.2) is 13.2 Å². The van der Waals surface area contributed by atoms with Crippen molar-refractivity contribution in [3.8, 4) is 0 Å². The monoisotopic (exact) mass is 286 g/mol. The van der Waals surface area contributed by atoms with E-state index < -0.39 is 9.84 Å². The van der Waals surface area contributed by atoms with E-state index in [9.17, 15) is 13.2 Å². The van der Waals surface area contributed by atoms with Crippen LogP contribution >= 0.6 is 0 Å². The van der Waals surface area contributed by atoms with Crippen molar-refractivity contribution in [2.75, 3.05) is 24.6 Å². The minimum atomic E-state index is -2.85. The quantitative estimate of drug-likeness (QED) is 0.746. The Hall–Kier alpha value is -1.04. The number of urea groups is 1. The molecule has 19 heavy (non-hydrogen) atoms. The van der Waals surface area contributed by atoms with E-state index in [1.54, 1.807) is 0 Å². The summed E-state index contributed by atoms with van der Waals surface area (Å²) in [5.41, 5.74) is 1.43. The van der Waals surface area contributed by atoms with Crippen molar-refractivity contribution in [1.82, 2.24) is 10.6 Å². The molecule has 1 atom stereocenters. The molecule has 1 aliphatic heterocycles. The van der Waals surface area contributed by atoms with Crippen LogP contribution in [0.15, 0.2) is 11.6 Å². The summed E-state index contributed by atoms with van der Waals surface area (Å²) >= 11 is 0. The van der Waals surface area contributed by atoms with E-state index in [1.165, 1.54) is 12.0 Å². The summed E-state index contributed by atoms with van der Waals surface area (Å²) in [7, 11) is -2.85. The number of sulfone groups is 1. The van der Waals surface area contributed by atoms with Crippen LogP contribution in [0.3, 0.4) is 0 Å². The summed E-state index contributed by atoms with van der Waals surface area (Å²) in [5.74, 6) is 0.545. The first kappa shape index (κ1) is 14.4. The number of allylic oxidation sites excluding steroid dienone is 1. The minimum Gasteiger partial charge on any atom is -0.338 e. The standard InChI is InChI=1S/C13H22N2O3S/c16-13(14-7-5-11-3-1-2-4-11)15-9-12-6-8-19(17,18)10-12/h3,12H,1-2,4-10H2,(H2,14,15,16)/t12-/m0/s1. The van der Waals surface area contributed by atoms with Crippen LogP contribution in [0, 0.1) is 5.92 Å². The van der Waals surface area contributed by atoms with Crippen LogP contribution in [0.1, 0.15) is 32.1 Å². The molecule has 2 N–H and O–H groups in total. The second-order valence-corrected chi connectivity index (χ2v) is 7.64. The van der Waals surface area contributed by atoms with Crippen LogP contribution in [-0.4, -0.2) is 39.0 Å². The molecule has 2 rings (SSSR count). The Morgan fingerprint density at radius 1 is 1.37 bits per heavy atom. The van der Waals surface area contributed by atoms with Crippen LogP contribution in [0.2, 0.25) is 0 Å². The molecule has 0 aromatic rings. The number of hydrogen-bond acceptors (Lipinski definition) is 3. The lowest BCUT2D eigenvalue weighted by atomic mass is 10.1. The van der Waals surface area contributed by atoms with E-state index >= 15 is 0 Å². The molecular formula is C13H22N2O3S. The van der Waals surface area contributed by atoms with E-state index in [4.69, 9.17) is 0 Å². The number of hydrogen-bond donors (Lipinski definition) is 2. The average Bonchev–Trinajstić information content (AvgIpc) is 2.96. The molecule has 1 saturated heterocycles. The van der Waals surface area contributed by atoms with Gasteiger partial charge < -0.3 is 10.6 Å². The lowest BCUT2D eigenvalue weighted by molar-refractivity contribution is 0.239. The van der Waals surface area contributed by atoms with Gasteiger partial charge in [-0.05, 0) is 38.0 Å². The van der Waals surface area contributed by atoms with Crippen molar-refractivity contribution in [1.29, 1.82) is 0 Å². The number of amides is 2. The van der Waals surface area contributed by atoms with Gasteiger partial charge in [-0.15, -0.1) is 0 Å². The summed E-state index contributed by atoms with van der Waals surface area (Å²) in [6, 6.07) is -0.192. The smallest absolute Gasteiger partial charge is 0.314 e. The van der Waals surface area contributed by atoms with Crippen molar-refractivity contribution < 1.29 is 13.2 Å². The van der Waals surface area contributed by atoms with E-state index in [-0.39, 0.29) is 23.5 Å². The largest absolute Gasteiger partial charge is 0.338 e. The van der Waals surface area contributed by atoms with Crippen LogP contribution in [0.4, 0.5) is 4.79 Å². The van der Waals surface area contributed by atoms with E-state index in [2.05, 4.69) is 16.7 Å². The van der Waals surface area contributed by atoms with Crippen molar-refractivity contribution in [2.24, 2.45) is 5.92 Å². The molecule has 1 heterocycles. The summed E-state index contributed by atoms with van der Waals surface area (Å²) in [6.45, 7) is 1.11. The van der Waals surface area contributed by atoms with Gasteiger partial charge in [0.05, 0.1) is 11.5 Å². The second kappa shape index (κ2) is 6.41. The van der Waals surface area contributed by atoms with E-state index in [0.717, 1.165) is 19.3 Å². The van der Waals surface area contributed by atoms with Gasteiger partial charge in [-0.1, -0.05) is 11.6 Å². The number of nitrogens with one attached hydrogen (secondary N) is 2. The van der Waals surface area contributed by atoms with Crippen molar-refractivity contribution in [2.45, 2.75) is 32.1 Å². The summed E-state index contributed by atoms with van der Waals surface area (Å²) in [4.78, 5) is 11.5. The van der Waals surface area contributed by atoms with Crippen LogP contribution in [0.25, 0.3) is 0 Å². The third kappa shape index (κ3) is 4.86. The highest BCUT2D eigenvalue weighted by Crippen LogP contribution is 2.19. The van der Waals surface area contributed by atoms with Crippen LogP contribution in [-0.2, 0) is 9.84 Å². The zero-order chi connectivity index (χ0) is 13.7. The molecule has 0 saturated carbocycles. The number of carbonyl (C=O) groups is 1. The fourth-order valence-corrected chi connectivity index (χ4v) is 4.50. The van der Waals surface area contributed by atoms with Gasteiger partial charge in [-0.2, -0.15) is 0 Å². The van der Waals surface area contributed by atoms with Crippen LogP contribution < -0.4 is 10.6 Å². The molecule has 2 aliphatic rings. The molecule has 0 aromatic carbocycles. The van der Waals surface area contributed by atoms with E-state index in [0.29, 0.717) is 19.5 Å². The van der Waals surface area contributed by atoms with Crippen molar-refractivity contribution >= 4 is 15.9 Å². The maximum absolute atomic E-state index is 11.5. The zero-order valence-corrected chi connectivity index (χ0v) is 12.0. The zero-order valence-electron chi connectivity index (χ0n) is 11.2. The van der Waals surface area contributed by atoms with Gasteiger partial charge in [0.25, 0.3) is 0 Å². The Morgan fingerprint density at radius 3 is 2.84 bits per heavy atom. The van der Waals surface area contributed by atoms with E-state index in [1.807, 2.05) is 0 Å². The van der Waals surface area contributed by atoms with Gasteiger partial charge in [0.15, 0.2) is 9.84 Å². The Balaban J connectivity index is 1.57. The van der Waals surface area contributed by atoms with Gasteiger partial charge in [0.1, 0.15) is 0 Å². The molecule has 108 valence electrons. The molecule has 0 bridgehead atoms. The molecule has 0 unspecified atom stereocenters. The Morgan fingerprint density at radius 2 is 2.21 bits per heavy atom. The van der Waals surface area contributed by atoms with Gasteiger partial charge >= 0.3 is 6.03 Å². The highest BCUT2D eigenvalue weighted by atomic mass is 32.2. The molecular weight excluding hydrogens is 264 g/mol. The molecule has 0 radical (unpaired) electrons. The fourth-order valence-electron chi connectivity index (χ4n) is 2.63. The third-order valence-electron chi connectivity index (χ3n) is 3.74. The maximum atomic E-state index is 11.5. The van der Waals surface area contributed by atoms with Gasteiger partial charge in [-0.3, -0.25) is 0 Å². The molecule has 0 aromatic heterocycles. The molecule has 6 heteroatoms. The third-order valence-corrected chi connectivity index (χ3v) is 5.58. The number of rotatable bonds is 5. The molecule has 2 amide bonds. The number of carbonyl (C=O) groups excluding carboxylic acids is 1. The summed E-state index contributed by atoms with van der Waals surface area (Å²) in [5, 5.41) is 5.57. The molecule has 1 fully saturated rings. The fraction of sp³-hybridized carbons (Fsp3) is 0.769. The highest BCUT2D eigenvalue weighted by Gasteiger charge is 2.27. The summed E-state index contributed by atoms with van der Waals surface area (Å²) in [6.07, 6.45) is 7.39. The van der Waals surface area contributed by atoms with Crippen LogP contribution in [0.5, 0.6) is 0 Å². The SMILES string of the molecule is O=C(NCCC1=CCCC1)NC[C@@H]1CCS(=O)(=O)C1. The van der Waals surface area contributed by atoms with Crippen molar-refractivity contribution in [3.63, 3.8) is 0 Å². The van der Waals surface area contributed by atoms with Gasteiger partial charge in [0, 0.05) is 13.1 Å². The Labute approximate surface area is 114 Å². The average molecular weight is 286 g/mol. The first-order valence-electron chi connectivity index (χ1n) is 6.95. The first-order chi connectivity index (χ1) is 9.05. The van der Waals surface area contributed by atoms with Gasteiger partial charge in [0.2, 0.25) is 0 Å². The predicted molar refractivity (Wildman–Crippen MR) is 74.7 cm³/mol. The maximum Gasteiger partial charge on any atom is 0.314 e.